The molecule has 0 saturated carbocycles. The molecule has 21 heteroatoms. The van der Waals surface area contributed by atoms with Crippen LogP contribution < -0.4 is 11.1 Å². The van der Waals surface area contributed by atoms with E-state index in [1.807, 2.05) is 67.5 Å². The van der Waals surface area contributed by atoms with Gasteiger partial charge >= 0.3 is 0 Å². The molecule has 0 aromatic carbocycles. The van der Waals surface area contributed by atoms with Crippen LogP contribution in [0, 0.1) is 66.2 Å². The quantitative estimate of drug-likeness (QED) is 0.0615. The van der Waals surface area contributed by atoms with Gasteiger partial charge in [0.2, 0.25) is 22.0 Å². The predicted octanol–water partition coefficient (Wildman–Crippen LogP) is 11.3. The summed E-state index contributed by atoms with van der Waals surface area (Å²) in [5, 5.41) is 90.3. The molecule has 0 spiro atoms. The van der Waals surface area contributed by atoms with Gasteiger partial charge in [-0.25, -0.2) is 4.85 Å². The molecule has 5 aromatic heterocycles. The molecule has 0 fully saturated rings. The molecule has 2 N–H and O–H groups in total. The number of nitriles is 3. The second-order valence-electron chi connectivity index (χ2n) is 19.1. The molecule has 5 rings (SSSR count). The van der Waals surface area contributed by atoms with Crippen molar-refractivity contribution >= 4 is 40.0 Å². The van der Waals surface area contributed by atoms with E-state index in [1.165, 1.54) is 23.2 Å². The van der Waals surface area contributed by atoms with Crippen LogP contribution in [0.2, 0.25) is 0 Å². The molecule has 362 valence electrons. The van der Waals surface area contributed by atoms with Crippen molar-refractivity contribution < 1.29 is 10.2 Å². The van der Waals surface area contributed by atoms with E-state index in [4.69, 9.17) is 16.8 Å². The highest BCUT2D eigenvalue weighted by Crippen LogP contribution is 2.44. The van der Waals surface area contributed by atoms with Crippen molar-refractivity contribution in [3.05, 3.63) is 71.3 Å². The van der Waals surface area contributed by atoms with Gasteiger partial charge in [-0.15, -0.1) is 30.7 Å². The summed E-state index contributed by atoms with van der Waals surface area (Å²) in [4.78, 5) is 30.8. The minimum Gasteiger partial charge on any atom is -0.493 e. The monoisotopic (exact) mass is 956 g/mol. The lowest BCUT2D eigenvalue weighted by atomic mass is 9.90. The Bertz CT molecular complexity index is 2880. The Hall–Kier alpha value is -7.36. The van der Waals surface area contributed by atoms with E-state index in [-0.39, 0.29) is 91.7 Å². The zero-order valence-corrected chi connectivity index (χ0v) is 42.3. The number of azo groups is 2. The predicted molar refractivity (Wildman–Crippen MR) is 261 cm³/mol. The largest absolute Gasteiger partial charge is 0.493 e. The lowest BCUT2D eigenvalue weighted by molar-refractivity contribution is 0.340. The first-order chi connectivity index (χ1) is 32.7. The maximum absolute atomic E-state index is 13.5. The molecular formula is C48H60N16O4S. The highest BCUT2D eigenvalue weighted by Gasteiger charge is 2.33. The van der Waals surface area contributed by atoms with E-state index < -0.39 is 33.7 Å². The standard InChI is InChI=1S/C48H60N16O4S/c1-14-18-20-29(16-3)25-61-41(65)31(22-49)27(5)34(43(61)67)53-55-39-33(24-51)37(47(7,8)9)59-63(39)45-57-58-46(69-45)64-40(36(52-13)38(60-64)48(10,11)12)56-54-35-28(6)32(23-50)42(66)62(44(35)68)26-30(17-4)21-19-15-2/h29-30,67-68H,14-21,25-26H2,1-12H3. The van der Waals surface area contributed by atoms with Crippen LogP contribution in [0.25, 0.3) is 15.1 Å². The summed E-state index contributed by atoms with van der Waals surface area (Å²) in [5.41, 5.74) is -2.36. The summed E-state index contributed by atoms with van der Waals surface area (Å²) in [7, 11) is 0. The number of nitrogens with zero attached hydrogens (tertiary/aromatic N) is 16. The van der Waals surface area contributed by atoms with Gasteiger partial charge in [0.05, 0.1) is 18.0 Å². The average Bonchev–Trinajstić information content (AvgIpc) is 4.04. The molecule has 0 aliphatic rings. The third kappa shape index (κ3) is 10.7. The van der Waals surface area contributed by atoms with Crippen molar-refractivity contribution in [3.8, 4) is 40.2 Å². The summed E-state index contributed by atoms with van der Waals surface area (Å²) in [6.07, 6.45) is 6.89. The van der Waals surface area contributed by atoms with Crippen molar-refractivity contribution in [2.75, 3.05) is 0 Å². The first-order valence-corrected chi connectivity index (χ1v) is 23.9. The Labute approximate surface area is 405 Å². The molecular weight excluding hydrogens is 897 g/mol. The van der Waals surface area contributed by atoms with Gasteiger partial charge in [-0.3, -0.25) is 18.7 Å². The van der Waals surface area contributed by atoms with Crippen LogP contribution >= 0.6 is 11.3 Å². The molecule has 0 aliphatic carbocycles. The number of rotatable bonds is 18. The van der Waals surface area contributed by atoms with Gasteiger partial charge in [0.1, 0.15) is 34.9 Å². The number of aromatic hydroxyl groups is 2. The number of hydrogen-bond acceptors (Lipinski definition) is 16. The van der Waals surface area contributed by atoms with Crippen molar-refractivity contribution in [2.45, 2.75) is 158 Å². The van der Waals surface area contributed by atoms with Gasteiger partial charge in [0.15, 0.2) is 23.0 Å². The number of unbranched alkanes of at least 4 members (excludes halogenated alkanes) is 2. The third-order valence-electron chi connectivity index (χ3n) is 12.1. The second-order valence-corrected chi connectivity index (χ2v) is 20.0. The van der Waals surface area contributed by atoms with E-state index in [2.05, 4.69) is 55.4 Å². The zero-order chi connectivity index (χ0) is 51.1. The Morgan fingerprint density at radius 1 is 0.667 bits per heavy atom. The van der Waals surface area contributed by atoms with Gasteiger partial charge in [-0.05, 0) is 43.9 Å². The molecule has 5 heterocycles. The van der Waals surface area contributed by atoms with Gasteiger partial charge < -0.3 is 10.2 Å². The summed E-state index contributed by atoms with van der Waals surface area (Å²) >= 11 is 0.949. The number of aromatic nitrogens is 8. The minimum atomic E-state index is -0.701. The molecule has 0 aliphatic heterocycles. The normalized spacial score (nSPS) is 12.9. The summed E-state index contributed by atoms with van der Waals surface area (Å²) in [6.45, 7) is 30.9. The highest BCUT2D eigenvalue weighted by molar-refractivity contribution is 7.16. The van der Waals surface area contributed by atoms with Gasteiger partial charge in [-0.2, -0.15) is 35.3 Å². The molecule has 69 heavy (non-hydrogen) atoms. The topological polar surface area (TPSA) is 271 Å². The molecule has 0 amide bonds. The molecule has 0 bridgehead atoms. The van der Waals surface area contributed by atoms with E-state index in [9.17, 15) is 35.6 Å². The van der Waals surface area contributed by atoms with Crippen molar-refractivity contribution in [1.82, 2.24) is 38.9 Å². The van der Waals surface area contributed by atoms with Crippen LogP contribution in [0.3, 0.4) is 0 Å². The van der Waals surface area contributed by atoms with E-state index in [0.717, 1.165) is 71.8 Å². The Balaban J connectivity index is 1.72. The fraction of sp³-hybridized carbons (Fsp3) is 0.542. The third-order valence-corrected chi connectivity index (χ3v) is 13.0. The molecule has 2 unspecified atom stereocenters. The summed E-state index contributed by atoms with van der Waals surface area (Å²) < 4.78 is 4.87. The molecule has 0 saturated heterocycles. The summed E-state index contributed by atoms with van der Waals surface area (Å²) in [5.74, 6) is -1.00. The van der Waals surface area contributed by atoms with Crippen molar-refractivity contribution in [3.63, 3.8) is 0 Å². The molecule has 2 atom stereocenters. The Morgan fingerprint density at radius 2 is 1.07 bits per heavy atom. The van der Waals surface area contributed by atoms with Crippen LogP contribution in [-0.4, -0.2) is 49.1 Å². The number of hydrogen-bond donors (Lipinski definition) is 2. The first-order valence-electron chi connectivity index (χ1n) is 23.1. The van der Waals surface area contributed by atoms with E-state index in [0.29, 0.717) is 11.4 Å². The van der Waals surface area contributed by atoms with Gasteiger partial charge in [0.25, 0.3) is 16.8 Å². The van der Waals surface area contributed by atoms with Gasteiger partial charge in [-0.1, -0.05) is 119 Å². The van der Waals surface area contributed by atoms with E-state index >= 15 is 0 Å². The average molecular weight is 957 g/mol. The maximum atomic E-state index is 13.5. The SMILES string of the molecule is [C-]#[N+]c1c(C(C)(C)C)nn(-c2nnc(-n3nc(C(C)(C)C)c(C#N)c3N=Nc3c(C)c(C#N)c(=O)n(CC(CC)CCCC)c3O)s2)c1N=Nc1c(C)c(C#N)c(=O)n(CC(CC)CCCC)c1O. The number of pyridine rings is 2. The highest BCUT2D eigenvalue weighted by atomic mass is 32.1. The second kappa shape index (κ2) is 21.7. The summed E-state index contributed by atoms with van der Waals surface area (Å²) in [6, 6.07) is 6.13. The fourth-order valence-electron chi connectivity index (χ4n) is 7.87. The molecule has 5 aromatic rings. The van der Waals surface area contributed by atoms with Gasteiger partial charge in [0, 0.05) is 29.6 Å². The molecule has 0 radical (unpaired) electrons. The van der Waals surface area contributed by atoms with Crippen LogP contribution in [0.4, 0.5) is 28.7 Å². The minimum absolute atomic E-state index is 0.0267. The fourth-order valence-corrected chi connectivity index (χ4v) is 8.63. The Morgan fingerprint density at radius 3 is 1.45 bits per heavy atom. The Kier molecular flexibility index (Phi) is 16.6. The van der Waals surface area contributed by atoms with Crippen LogP contribution in [0.15, 0.2) is 30.0 Å². The van der Waals surface area contributed by atoms with Crippen molar-refractivity contribution in [2.24, 2.45) is 32.3 Å². The zero-order valence-electron chi connectivity index (χ0n) is 41.5. The van der Waals surface area contributed by atoms with Crippen molar-refractivity contribution in [1.29, 1.82) is 15.8 Å². The lowest BCUT2D eigenvalue weighted by Crippen LogP contribution is -2.27. The first kappa shape index (κ1) is 52.6. The smallest absolute Gasteiger partial charge is 0.271 e. The maximum Gasteiger partial charge on any atom is 0.271 e. The lowest BCUT2D eigenvalue weighted by Gasteiger charge is -2.19. The van der Waals surface area contributed by atoms with Crippen LogP contribution in [0.5, 0.6) is 11.8 Å². The van der Waals surface area contributed by atoms with E-state index in [1.54, 1.807) is 0 Å². The van der Waals surface area contributed by atoms with Crippen LogP contribution in [0.1, 0.15) is 160 Å². The van der Waals surface area contributed by atoms with Crippen LogP contribution in [-0.2, 0) is 23.9 Å². The molecule has 20 nitrogen and oxygen atoms in total.